The molecule has 3 rings (SSSR count). The lowest BCUT2D eigenvalue weighted by Crippen LogP contribution is -2.10. The predicted molar refractivity (Wildman–Crippen MR) is 71.0 cm³/mol. The van der Waals surface area contributed by atoms with E-state index in [0.29, 0.717) is 0 Å². The van der Waals surface area contributed by atoms with E-state index in [1.807, 2.05) is 49.5 Å². The second-order valence-corrected chi connectivity index (χ2v) is 4.33. The molecule has 3 aromatic rings. The van der Waals surface area contributed by atoms with E-state index in [1.54, 1.807) is 10.7 Å². The predicted octanol–water partition coefficient (Wildman–Crippen LogP) is 2.42. The molecule has 4 heteroatoms. The summed E-state index contributed by atoms with van der Waals surface area (Å²) in [7, 11) is 0. The Bertz CT molecular complexity index is 671. The lowest BCUT2D eigenvalue weighted by molar-refractivity contribution is 0.790. The van der Waals surface area contributed by atoms with E-state index >= 15 is 0 Å². The summed E-state index contributed by atoms with van der Waals surface area (Å²) in [6.07, 6.45) is 3.69. The van der Waals surface area contributed by atoms with E-state index in [2.05, 4.69) is 10.1 Å². The maximum atomic E-state index is 6.03. The second-order valence-electron chi connectivity index (χ2n) is 4.33. The Morgan fingerprint density at radius 2 is 1.94 bits per heavy atom. The first kappa shape index (κ1) is 10.9. The lowest BCUT2D eigenvalue weighted by Gasteiger charge is -2.12. The van der Waals surface area contributed by atoms with Gasteiger partial charge in [-0.05, 0) is 6.92 Å². The first-order chi connectivity index (χ1) is 8.75. The van der Waals surface area contributed by atoms with E-state index in [4.69, 9.17) is 5.73 Å². The van der Waals surface area contributed by atoms with Crippen LogP contribution in [0.2, 0.25) is 0 Å². The van der Waals surface area contributed by atoms with Crippen molar-refractivity contribution in [2.75, 3.05) is 0 Å². The minimum Gasteiger partial charge on any atom is -0.324 e. The highest BCUT2D eigenvalue weighted by molar-refractivity contribution is 5.65. The Balaban J connectivity index is 2.28. The van der Waals surface area contributed by atoms with Gasteiger partial charge in [0.15, 0.2) is 5.65 Å². The van der Waals surface area contributed by atoms with Gasteiger partial charge in [0.05, 0.1) is 11.9 Å². The molecule has 0 aliphatic carbocycles. The van der Waals surface area contributed by atoms with Crippen molar-refractivity contribution in [2.45, 2.75) is 13.0 Å². The molecule has 0 bridgehead atoms. The van der Waals surface area contributed by atoms with Crippen molar-refractivity contribution in [2.24, 2.45) is 5.73 Å². The molecule has 0 radical (unpaired) electrons. The van der Waals surface area contributed by atoms with Crippen molar-refractivity contribution >= 4 is 5.65 Å². The molecule has 0 saturated heterocycles. The van der Waals surface area contributed by atoms with Crippen molar-refractivity contribution in [3.8, 4) is 11.3 Å². The van der Waals surface area contributed by atoms with Crippen LogP contribution in [0.15, 0.2) is 48.8 Å². The molecule has 0 unspecified atom stereocenters. The average Bonchev–Trinajstić information content (AvgIpc) is 2.85. The number of nitrogens with two attached hydrogens (primary N) is 1. The fourth-order valence-corrected chi connectivity index (χ4v) is 2.03. The summed E-state index contributed by atoms with van der Waals surface area (Å²) in [5.74, 6) is 0. The van der Waals surface area contributed by atoms with Crippen LogP contribution in [-0.2, 0) is 0 Å². The molecule has 90 valence electrons. The fourth-order valence-electron chi connectivity index (χ4n) is 2.03. The van der Waals surface area contributed by atoms with Gasteiger partial charge in [0.2, 0.25) is 0 Å². The van der Waals surface area contributed by atoms with Crippen LogP contribution in [-0.4, -0.2) is 14.6 Å². The molecule has 0 spiro atoms. The van der Waals surface area contributed by atoms with Crippen LogP contribution < -0.4 is 5.73 Å². The van der Waals surface area contributed by atoms with Crippen LogP contribution in [0.4, 0.5) is 0 Å². The van der Waals surface area contributed by atoms with Crippen molar-refractivity contribution in [3.05, 3.63) is 54.4 Å². The monoisotopic (exact) mass is 238 g/mol. The summed E-state index contributed by atoms with van der Waals surface area (Å²) in [5, 5.41) is 4.20. The fraction of sp³-hybridized carbons (Fsp3) is 0.143. The molecule has 4 nitrogen and oxygen atoms in total. The summed E-state index contributed by atoms with van der Waals surface area (Å²) >= 11 is 0. The number of fused-ring (bicyclic) bond motifs is 1. The van der Waals surface area contributed by atoms with Gasteiger partial charge in [-0.2, -0.15) is 5.10 Å². The summed E-state index contributed by atoms with van der Waals surface area (Å²) in [6, 6.07) is 11.9. The van der Waals surface area contributed by atoms with Gasteiger partial charge in [0, 0.05) is 29.4 Å². The highest BCUT2D eigenvalue weighted by Crippen LogP contribution is 2.25. The third-order valence-electron chi connectivity index (χ3n) is 2.95. The molecule has 2 heterocycles. The number of hydrogen-bond donors (Lipinski definition) is 1. The maximum absolute atomic E-state index is 6.03. The Morgan fingerprint density at radius 3 is 2.67 bits per heavy atom. The van der Waals surface area contributed by atoms with Crippen LogP contribution in [0, 0.1) is 0 Å². The number of rotatable bonds is 2. The molecule has 2 aromatic heterocycles. The molecule has 1 atom stereocenters. The van der Waals surface area contributed by atoms with Crippen molar-refractivity contribution < 1.29 is 0 Å². The molecular formula is C14H14N4. The van der Waals surface area contributed by atoms with Crippen molar-refractivity contribution in [1.29, 1.82) is 0 Å². The zero-order valence-electron chi connectivity index (χ0n) is 10.1. The van der Waals surface area contributed by atoms with E-state index < -0.39 is 0 Å². The van der Waals surface area contributed by atoms with Gasteiger partial charge in [0.25, 0.3) is 0 Å². The number of hydrogen-bond acceptors (Lipinski definition) is 3. The van der Waals surface area contributed by atoms with Crippen LogP contribution in [0.3, 0.4) is 0 Å². The molecule has 0 fully saturated rings. The van der Waals surface area contributed by atoms with Gasteiger partial charge in [-0.3, -0.25) is 0 Å². The smallest absolute Gasteiger partial charge is 0.155 e. The molecule has 0 aliphatic heterocycles. The summed E-state index contributed by atoms with van der Waals surface area (Å²) in [6.45, 7) is 1.96. The second kappa shape index (κ2) is 4.23. The molecule has 2 N–H and O–H groups in total. The SMILES string of the molecule is C[C@H](N)c1cn2nccc2nc1-c1ccccc1. The minimum atomic E-state index is -0.0821. The Kier molecular flexibility index (Phi) is 2.57. The maximum Gasteiger partial charge on any atom is 0.155 e. The largest absolute Gasteiger partial charge is 0.324 e. The number of benzene rings is 1. The third-order valence-corrected chi connectivity index (χ3v) is 2.95. The Labute approximate surface area is 105 Å². The van der Waals surface area contributed by atoms with Crippen LogP contribution in [0.25, 0.3) is 16.9 Å². The molecule has 1 aromatic carbocycles. The van der Waals surface area contributed by atoms with Crippen LogP contribution in [0.5, 0.6) is 0 Å². The lowest BCUT2D eigenvalue weighted by atomic mass is 10.0. The molecule has 0 aliphatic rings. The van der Waals surface area contributed by atoms with Gasteiger partial charge in [-0.25, -0.2) is 9.50 Å². The Hall–Kier alpha value is -2.20. The quantitative estimate of drug-likeness (QED) is 0.746. The Morgan fingerprint density at radius 1 is 1.17 bits per heavy atom. The van der Waals surface area contributed by atoms with E-state index in [1.165, 1.54) is 0 Å². The first-order valence-corrected chi connectivity index (χ1v) is 5.91. The summed E-state index contributed by atoms with van der Waals surface area (Å²) < 4.78 is 1.76. The molecule has 0 saturated carbocycles. The van der Waals surface area contributed by atoms with Gasteiger partial charge in [-0.15, -0.1) is 0 Å². The van der Waals surface area contributed by atoms with Gasteiger partial charge in [-0.1, -0.05) is 30.3 Å². The molecular weight excluding hydrogens is 224 g/mol. The topological polar surface area (TPSA) is 56.2 Å². The zero-order valence-corrected chi connectivity index (χ0v) is 10.1. The zero-order chi connectivity index (χ0) is 12.5. The van der Waals surface area contributed by atoms with Crippen LogP contribution >= 0.6 is 0 Å². The van der Waals surface area contributed by atoms with Gasteiger partial charge >= 0.3 is 0 Å². The normalized spacial score (nSPS) is 12.8. The highest BCUT2D eigenvalue weighted by Gasteiger charge is 2.12. The van der Waals surface area contributed by atoms with Crippen molar-refractivity contribution in [1.82, 2.24) is 14.6 Å². The minimum absolute atomic E-state index is 0.0821. The summed E-state index contributed by atoms with van der Waals surface area (Å²) in [5.41, 5.74) is 9.87. The van der Waals surface area contributed by atoms with E-state index in [-0.39, 0.29) is 6.04 Å². The third kappa shape index (κ3) is 1.76. The first-order valence-electron chi connectivity index (χ1n) is 5.91. The van der Waals surface area contributed by atoms with Gasteiger partial charge < -0.3 is 5.73 Å². The van der Waals surface area contributed by atoms with E-state index in [0.717, 1.165) is 22.5 Å². The average molecular weight is 238 g/mol. The number of aromatic nitrogens is 3. The summed E-state index contributed by atoms with van der Waals surface area (Å²) in [4.78, 5) is 4.65. The van der Waals surface area contributed by atoms with E-state index in [9.17, 15) is 0 Å². The van der Waals surface area contributed by atoms with Crippen molar-refractivity contribution in [3.63, 3.8) is 0 Å². The molecule has 0 amide bonds. The molecule has 18 heavy (non-hydrogen) atoms. The highest BCUT2D eigenvalue weighted by atomic mass is 15.2. The standard InChI is InChI=1S/C14H14N4/c1-10(15)12-9-18-13(7-8-16-18)17-14(12)11-5-3-2-4-6-11/h2-10H,15H2,1H3/t10-/m0/s1. The van der Waals surface area contributed by atoms with Gasteiger partial charge in [0.1, 0.15) is 0 Å². The number of nitrogens with zero attached hydrogens (tertiary/aromatic N) is 3. The van der Waals surface area contributed by atoms with Crippen LogP contribution in [0.1, 0.15) is 18.5 Å².